The first kappa shape index (κ1) is 24.3. The average molecular weight is 545 g/mol. The van der Waals surface area contributed by atoms with Crippen LogP contribution < -0.4 is 15.4 Å². The van der Waals surface area contributed by atoms with Crippen LogP contribution in [0.15, 0.2) is 76.8 Å². The van der Waals surface area contributed by atoms with Crippen LogP contribution in [0.5, 0.6) is 5.75 Å². The van der Waals surface area contributed by atoms with Gasteiger partial charge in [-0.25, -0.2) is 0 Å². The summed E-state index contributed by atoms with van der Waals surface area (Å²) in [5.41, 5.74) is 1.33. The minimum absolute atomic E-state index is 0.149. The Labute approximate surface area is 208 Å². The van der Waals surface area contributed by atoms with Crippen molar-refractivity contribution in [2.75, 3.05) is 17.2 Å². The number of hydrogen-bond acceptors (Lipinski definition) is 4. The summed E-state index contributed by atoms with van der Waals surface area (Å²) in [6, 6.07) is 20.2. The molecule has 0 heterocycles. The summed E-state index contributed by atoms with van der Waals surface area (Å²) in [6.07, 6.45) is 1.39. The number of ether oxygens (including phenoxy) is 1. The Hall–Kier alpha value is -3.31. The maximum atomic E-state index is 12.6. The molecule has 0 radical (unpaired) electrons. The van der Waals surface area contributed by atoms with Crippen LogP contribution in [0, 0.1) is 11.3 Å². The van der Waals surface area contributed by atoms with Crippen molar-refractivity contribution >= 4 is 68.4 Å². The molecule has 0 fully saturated rings. The smallest absolute Gasteiger partial charge is 0.266 e. The lowest BCUT2D eigenvalue weighted by atomic mass is 10.1. The molecule has 3 aromatic rings. The summed E-state index contributed by atoms with van der Waals surface area (Å²) >= 11 is 15.1. The molecule has 2 amide bonds. The van der Waals surface area contributed by atoms with Crippen LogP contribution in [-0.4, -0.2) is 18.4 Å². The van der Waals surface area contributed by atoms with Gasteiger partial charge in [0, 0.05) is 31.5 Å². The van der Waals surface area contributed by atoms with Crippen molar-refractivity contribution in [3.05, 3.63) is 92.4 Å². The first-order chi connectivity index (χ1) is 15.8. The molecule has 0 atom stereocenters. The molecule has 0 aromatic heterocycles. The fourth-order valence-corrected chi connectivity index (χ4v) is 3.40. The molecule has 2 N–H and O–H groups in total. The maximum Gasteiger partial charge on any atom is 0.266 e. The van der Waals surface area contributed by atoms with E-state index >= 15 is 0 Å². The average Bonchev–Trinajstić information content (AvgIpc) is 2.78. The van der Waals surface area contributed by atoms with E-state index in [1.54, 1.807) is 66.7 Å². The largest absolute Gasteiger partial charge is 0.483 e. The van der Waals surface area contributed by atoms with E-state index in [-0.39, 0.29) is 18.1 Å². The van der Waals surface area contributed by atoms with Gasteiger partial charge in [-0.05, 0) is 66.7 Å². The standard InChI is InChI=1S/C24H16BrCl2N3O3/c25-17-4-9-22(33-14-23(31)29-20-7-5-18(26)6-8-20)15(11-17)10-16(13-28)24(32)30-21-3-1-2-19(27)12-21/h1-12H,14H2,(H,29,31)(H,30,32)/b16-10+. The normalized spacial score (nSPS) is 10.8. The van der Waals surface area contributed by atoms with Gasteiger partial charge >= 0.3 is 0 Å². The molecule has 6 nitrogen and oxygen atoms in total. The zero-order valence-corrected chi connectivity index (χ0v) is 20.0. The second-order valence-corrected chi connectivity index (χ2v) is 8.45. The van der Waals surface area contributed by atoms with Crippen LogP contribution in [0.4, 0.5) is 11.4 Å². The molecule has 166 valence electrons. The number of carbonyl (C=O) groups is 2. The molecule has 0 spiro atoms. The van der Waals surface area contributed by atoms with Crippen LogP contribution in [-0.2, 0) is 9.59 Å². The summed E-state index contributed by atoms with van der Waals surface area (Å²) in [6.45, 7) is -0.276. The zero-order chi connectivity index (χ0) is 23.8. The molecule has 9 heteroatoms. The molecule has 3 aromatic carbocycles. The topological polar surface area (TPSA) is 91.2 Å². The third-order valence-corrected chi connectivity index (χ3v) is 5.19. The Morgan fingerprint density at radius 1 is 0.970 bits per heavy atom. The van der Waals surface area contributed by atoms with Gasteiger partial charge in [-0.1, -0.05) is 45.2 Å². The fraction of sp³-hybridized carbons (Fsp3) is 0.0417. The molecule has 0 aliphatic heterocycles. The first-order valence-corrected chi connectivity index (χ1v) is 11.1. The Bertz CT molecular complexity index is 1250. The van der Waals surface area contributed by atoms with Crippen molar-refractivity contribution in [3.8, 4) is 11.8 Å². The number of nitrogens with one attached hydrogen (secondary N) is 2. The molecule has 33 heavy (non-hydrogen) atoms. The van der Waals surface area contributed by atoms with Gasteiger partial charge in [0.25, 0.3) is 11.8 Å². The molecule has 0 unspecified atom stereocenters. The number of carbonyl (C=O) groups excluding carboxylic acids is 2. The van der Waals surface area contributed by atoms with Gasteiger partial charge in [-0.15, -0.1) is 0 Å². The van der Waals surface area contributed by atoms with E-state index in [1.807, 2.05) is 6.07 Å². The predicted molar refractivity (Wildman–Crippen MR) is 133 cm³/mol. The molecular weight excluding hydrogens is 529 g/mol. The van der Waals surface area contributed by atoms with Crippen LogP contribution in [0.1, 0.15) is 5.56 Å². The Balaban J connectivity index is 1.74. The lowest BCUT2D eigenvalue weighted by molar-refractivity contribution is -0.118. The third kappa shape index (κ3) is 7.36. The van der Waals surface area contributed by atoms with E-state index in [0.717, 1.165) is 0 Å². The van der Waals surface area contributed by atoms with E-state index < -0.39 is 5.91 Å². The predicted octanol–water partition coefficient (Wildman–Crippen LogP) is 6.32. The monoisotopic (exact) mass is 543 g/mol. The maximum absolute atomic E-state index is 12.6. The van der Waals surface area contributed by atoms with Gasteiger partial charge in [-0.2, -0.15) is 5.26 Å². The van der Waals surface area contributed by atoms with E-state index in [0.29, 0.717) is 37.2 Å². The number of benzene rings is 3. The quantitative estimate of drug-likeness (QED) is 0.269. The zero-order valence-electron chi connectivity index (χ0n) is 16.9. The third-order valence-electron chi connectivity index (χ3n) is 4.21. The minimum atomic E-state index is -0.605. The van der Waals surface area contributed by atoms with Gasteiger partial charge in [0.1, 0.15) is 17.4 Å². The summed E-state index contributed by atoms with van der Waals surface area (Å²) in [5.74, 6) is -0.659. The van der Waals surface area contributed by atoms with E-state index in [4.69, 9.17) is 27.9 Å². The molecule has 0 aliphatic rings. The number of nitrogens with zero attached hydrogens (tertiary/aromatic N) is 1. The summed E-state index contributed by atoms with van der Waals surface area (Å²) in [5, 5.41) is 15.9. The highest BCUT2D eigenvalue weighted by molar-refractivity contribution is 9.10. The van der Waals surface area contributed by atoms with Gasteiger partial charge in [0.15, 0.2) is 6.61 Å². The van der Waals surface area contributed by atoms with E-state index in [1.165, 1.54) is 6.08 Å². The fourth-order valence-electron chi connectivity index (χ4n) is 2.71. The Morgan fingerprint density at radius 2 is 1.73 bits per heavy atom. The summed E-state index contributed by atoms with van der Waals surface area (Å²) < 4.78 is 6.35. The van der Waals surface area contributed by atoms with Gasteiger partial charge in [0.2, 0.25) is 0 Å². The highest BCUT2D eigenvalue weighted by Crippen LogP contribution is 2.26. The highest BCUT2D eigenvalue weighted by atomic mass is 79.9. The van der Waals surface area contributed by atoms with Crippen molar-refractivity contribution in [2.45, 2.75) is 0 Å². The summed E-state index contributed by atoms with van der Waals surface area (Å²) in [7, 11) is 0. The molecular formula is C24H16BrCl2N3O3. The lowest BCUT2D eigenvalue weighted by Crippen LogP contribution is -2.20. The second kappa shape index (κ2) is 11.5. The van der Waals surface area contributed by atoms with Gasteiger partial charge in [0.05, 0.1) is 0 Å². The second-order valence-electron chi connectivity index (χ2n) is 6.66. The van der Waals surface area contributed by atoms with E-state index in [2.05, 4.69) is 26.6 Å². The van der Waals surface area contributed by atoms with Crippen molar-refractivity contribution in [1.82, 2.24) is 0 Å². The molecule has 0 aliphatic carbocycles. The van der Waals surface area contributed by atoms with Crippen LogP contribution >= 0.6 is 39.1 Å². The number of rotatable bonds is 7. The van der Waals surface area contributed by atoms with Crippen molar-refractivity contribution < 1.29 is 14.3 Å². The number of amides is 2. The van der Waals surface area contributed by atoms with Crippen molar-refractivity contribution in [3.63, 3.8) is 0 Å². The number of hydrogen-bond donors (Lipinski definition) is 2. The van der Waals surface area contributed by atoms with Crippen LogP contribution in [0.25, 0.3) is 6.08 Å². The van der Waals surface area contributed by atoms with Gasteiger partial charge in [-0.3, -0.25) is 9.59 Å². The SMILES string of the molecule is N#C/C(=C\c1cc(Br)ccc1OCC(=O)Nc1ccc(Cl)cc1)C(=O)Nc1cccc(Cl)c1. The number of nitriles is 1. The molecule has 3 rings (SSSR count). The van der Waals surface area contributed by atoms with Crippen LogP contribution in [0.2, 0.25) is 10.0 Å². The van der Waals surface area contributed by atoms with Crippen molar-refractivity contribution in [2.24, 2.45) is 0 Å². The molecule has 0 bridgehead atoms. The van der Waals surface area contributed by atoms with Crippen LogP contribution in [0.3, 0.4) is 0 Å². The van der Waals surface area contributed by atoms with E-state index in [9.17, 15) is 14.9 Å². The Kier molecular flexibility index (Phi) is 8.50. The first-order valence-electron chi connectivity index (χ1n) is 9.50. The molecule has 0 saturated heterocycles. The highest BCUT2D eigenvalue weighted by Gasteiger charge is 2.13. The Morgan fingerprint density at radius 3 is 2.42 bits per heavy atom. The minimum Gasteiger partial charge on any atom is -0.483 e. The van der Waals surface area contributed by atoms with Crippen molar-refractivity contribution in [1.29, 1.82) is 5.26 Å². The number of anilines is 2. The lowest BCUT2D eigenvalue weighted by Gasteiger charge is -2.11. The molecule has 0 saturated carbocycles. The van der Waals surface area contributed by atoms with Gasteiger partial charge < -0.3 is 15.4 Å². The summed E-state index contributed by atoms with van der Waals surface area (Å²) in [4.78, 5) is 24.8. The number of halogens is 3.